The number of nitrogens with zero attached hydrogens (tertiary/aromatic N) is 2. The van der Waals surface area contributed by atoms with Crippen LogP contribution in [-0.2, 0) is 20.9 Å². The van der Waals surface area contributed by atoms with Gasteiger partial charge >= 0.3 is 0 Å². The van der Waals surface area contributed by atoms with Gasteiger partial charge in [0.25, 0.3) is 5.91 Å². The quantitative estimate of drug-likeness (QED) is 0.517. The monoisotopic (exact) mass is 470 g/mol. The van der Waals surface area contributed by atoms with Crippen molar-refractivity contribution in [2.75, 3.05) is 32.0 Å². The third-order valence-corrected chi connectivity index (χ3v) is 5.63. The van der Waals surface area contributed by atoms with E-state index < -0.39 is 6.04 Å². The second-order valence-electron chi connectivity index (χ2n) is 7.35. The fraction of sp³-hybridized carbons (Fsp3) is 0.261. The van der Waals surface area contributed by atoms with Gasteiger partial charge in [0.1, 0.15) is 11.9 Å². The average Bonchev–Trinajstić information content (AvgIpc) is 3.30. The van der Waals surface area contributed by atoms with Crippen LogP contribution in [0.4, 0.5) is 11.5 Å². The number of rotatable bonds is 8. The number of benzene rings is 2. The van der Waals surface area contributed by atoms with Crippen LogP contribution < -0.4 is 20.1 Å². The lowest BCUT2D eigenvalue weighted by atomic mass is 10.0. The van der Waals surface area contributed by atoms with Crippen molar-refractivity contribution in [1.82, 2.24) is 9.78 Å². The molecule has 33 heavy (non-hydrogen) atoms. The fourth-order valence-corrected chi connectivity index (χ4v) is 3.97. The van der Waals surface area contributed by atoms with Gasteiger partial charge in [-0.3, -0.25) is 9.59 Å². The van der Waals surface area contributed by atoms with Gasteiger partial charge in [0.15, 0.2) is 11.5 Å². The van der Waals surface area contributed by atoms with Gasteiger partial charge in [-0.1, -0.05) is 29.8 Å². The Morgan fingerprint density at radius 3 is 2.61 bits per heavy atom. The molecule has 10 heteroatoms. The molecule has 172 valence electrons. The maximum atomic E-state index is 12.8. The van der Waals surface area contributed by atoms with Gasteiger partial charge in [-0.15, -0.1) is 0 Å². The molecule has 0 spiro atoms. The minimum absolute atomic E-state index is 0.108. The lowest BCUT2D eigenvalue weighted by molar-refractivity contribution is -0.123. The van der Waals surface area contributed by atoms with Crippen molar-refractivity contribution in [2.24, 2.45) is 0 Å². The summed E-state index contributed by atoms with van der Waals surface area (Å²) in [6.07, 6.45) is -0.108. The van der Waals surface area contributed by atoms with Crippen LogP contribution in [0.3, 0.4) is 0 Å². The zero-order valence-corrected chi connectivity index (χ0v) is 19.1. The molecule has 2 amide bonds. The Morgan fingerprint density at radius 2 is 1.91 bits per heavy atom. The predicted molar refractivity (Wildman–Crippen MR) is 124 cm³/mol. The van der Waals surface area contributed by atoms with E-state index in [1.165, 1.54) is 4.68 Å². The summed E-state index contributed by atoms with van der Waals surface area (Å²) in [6.45, 7) is 0.220. The molecule has 0 saturated heterocycles. The maximum Gasteiger partial charge on any atom is 0.251 e. The van der Waals surface area contributed by atoms with Gasteiger partial charge in [-0.2, -0.15) is 5.10 Å². The normalized spacial score (nSPS) is 14.5. The van der Waals surface area contributed by atoms with Crippen molar-refractivity contribution in [3.05, 3.63) is 53.2 Å². The standard InChI is InChI=1S/C23H23ClN4O5/c1-31-12-16-21(13-8-9-18(32-2)19(10-13)33-3)22-26-23(30)17(28(22)27-16)11-20(29)25-15-7-5-4-6-14(15)24/h4-10,17H,11-12H2,1-3H3,(H,25,29)(H,26,30). The Balaban J connectivity index is 1.67. The summed E-state index contributed by atoms with van der Waals surface area (Å²) in [5.74, 6) is 0.940. The van der Waals surface area contributed by atoms with Gasteiger partial charge in [0.2, 0.25) is 5.91 Å². The predicted octanol–water partition coefficient (Wildman–Crippen LogP) is 3.89. The number of nitrogens with one attached hydrogen (secondary N) is 2. The lowest BCUT2D eigenvalue weighted by Gasteiger charge is -2.11. The van der Waals surface area contributed by atoms with Gasteiger partial charge in [0.05, 0.1) is 49.2 Å². The number of anilines is 2. The highest BCUT2D eigenvalue weighted by molar-refractivity contribution is 6.33. The number of aromatic nitrogens is 2. The molecule has 3 aromatic rings. The number of hydrogen-bond donors (Lipinski definition) is 2. The molecule has 2 N–H and O–H groups in total. The van der Waals surface area contributed by atoms with Gasteiger partial charge < -0.3 is 24.8 Å². The van der Waals surface area contributed by atoms with Crippen LogP contribution in [0.25, 0.3) is 11.1 Å². The SMILES string of the molecule is COCc1nn2c(c1-c1ccc(OC)c(OC)c1)NC(=O)C2CC(=O)Nc1ccccc1Cl. The van der Waals surface area contributed by atoms with E-state index in [-0.39, 0.29) is 24.8 Å². The van der Waals surface area contributed by atoms with Crippen LogP contribution in [0.1, 0.15) is 18.2 Å². The first kappa shape index (κ1) is 22.6. The summed E-state index contributed by atoms with van der Waals surface area (Å²) in [5, 5.41) is 10.6. The zero-order valence-electron chi connectivity index (χ0n) is 18.3. The Hall–Kier alpha value is -3.56. The maximum absolute atomic E-state index is 12.8. The summed E-state index contributed by atoms with van der Waals surface area (Å²) in [4.78, 5) is 25.4. The molecule has 9 nitrogen and oxygen atoms in total. The van der Waals surface area contributed by atoms with Crippen molar-refractivity contribution in [1.29, 1.82) is 0 Å². The van der Waals surface area contributed by atoms with Crippen LogP contribution in [0.2, 0.25) is 5.02 Å². The molecule has 0 aliphatic carbocycles. The highest BCUT2D eigenvalue weighted by Gasteiger charge is 2.37. The zero-order chi connectivity index (χ0) is 23.5. The molecule has 1 aliphatic heterocycles. The summed E-state index contributed by atoms with van der Waals surface area (Å²) < 4.78 is 17.6. The molecule has 0 bridgehead atoms. The molecule has 1 atom stereocenters. The van der Waals surface area contributed by atoms with Crippen LogP contribution in [0.15, 0.2) is 42.5 Å². The number of amides is 2. The third-order valence-electron chi connectivity index (χ3n) is 5.30. The van der Waals surface area contributed by atoms with E-state index in [0.717, 1.165) is 5.56 Å². The number of carbonyl (C=O) groups excluding carboxylic acids is 2. The average molecular weight is 471 g/mol. The van der Waals surface area contributed by atoms with Crippen LogP contribution >= 0.6 is 11.6 Å². The number of para-hydroxylation sites is 1. The molecule has 1 aliphatic rings. The number of methoxy groups -OCH3 is 3. The van der Waals surface area contributed by atoms with E-state index >= 15 is 0 Å². The number of carbonyl (C=O) groups is 2. The van der Waals surface area contributed by atoms with Crippen LogP contribution in [0, 0.1) is 0 Å². The number of halogens is 1. The minimum Gasteiger partial charge on any atom is -0.493 e. The first-order valence-corrected chi connectivity index (χ1v) is 10.5. The summed E-state index contributed by atoms with van der Waals surface area (Å²) >= 11 is 6.12. The highest BCUT2D eigenvalue weighted by Crippen LogP contribution is 2.41. The van der Waals surface area contributed by atoms with E-state index in [0.29, 0.717) is 39.3 Å². The van der Waals surface area contributed by atoms with Gasteiger partial charge in [-0.05, 0) is 29.8 Å². The van der Waals surface area contributed by atoms with Crippen LogP contribution in [0.5, 0.6) is 11.5 Å². The second kappa shape index (κ2) is 9.51. The largest absolute Gasteiger partial charge is 0.493 e. The Morgan fingerprint density at radius 1 is 1.15 bits per heavy atom. The molecule has 0 radical (unpaired) electrons. The van der Waals surface area contributed by atoms with Gasteiger partial charge in [-0.25, -0.2) is 4.68 Å². The molecule has 2 aromatic carbocycles. The Kier molecular flexibility index (Phi) is 6.52. The van der Waals surface area contributed by atoms with E-state index in [9.17, 15) is 9.59 Å². The Bertz CT molecular complexity index is 1210. The topological polar surface area (TPSA) is 104 Å². The molecule has 2 heterocycles. The summed E-state index contributed by atoms with van der Waals surface area (Å²) in [6, 6.07) is 11.5. The van der Waals surface area contributed by atoms with E-state index in [1.54, 1.807) is 57.7 Å². The fourth-order valence-electron chi connectivity index (χ4n) is 3.79. The summed E-state index contributed by atoms with van der Waals surface area (Å²) in [5.41, 5.74) is 2.56. The third kappa shape index (κ3) is 4.37. The minimum atomic E-state index is -0.813. The van der Waals surface area contributed by atoms with E-state index in [1.807, 2.05) is 6.07 Å². The number of fused-ring (bicyclic) bond motifs is 1. The number of ether oxygens (including phenoxy) is 3. The number of hydrogen-bond acceptors (Lipinski definition) is 6. The molecule has 4 rings (SSSR count). The molecule has 1 aromatic heterocycles. The Labute approximate surface area is 195 Å². The molecule has 1 unspecified atom stereocenters. The lowest BCUT2D eigenvalue weighted by Crippen LogP contribution is -2.24. The molecular formula is C23H23ClN4O5. The first-order valence-electron chi connectivity index (χ1n) is 10.1. The summed E-state index contributed by atoms with van der Waals surface area (Å²) in [7, 11) is 4.68. The van der Waals surface area contributed by atoms with Gasteiger partial charge in [0, 0.05) is 7.11 Å². The van der Waals surface area contributed by atoms with Crippen molar-refractivity contribution in [3.8, 4) is 22.6 Å². The molecule has 0 saturated carbocycles. The molecule has 0 fully saturated rings. The van der Waals surface area contributed by atoms with Crippen molar-refractivity contribution in [3.63, 3.8) is 0 Å². The first-order chi connectivity index (χ1) is 16.0. The van der Waals surface area contributed by atoms with E-state index in [4.69, 9.17) is 25.8 Å². The molecular weight excluding hydrogens is 448 g/mol. The van der Waals surface area contributed by atoms with Crippen molar-refractivity contribution < 1.29 is 23.8 Å². The van der Waals surface area contributed by atoms with E-state index in [2.05, 4.69) is 15.7 Å². The van der Waals surface area contributed by atoms with Crippen LogP contribution in [-0.4, -0.2) is 42.9 Å². The van der Waals surface area contributed by atoms with Crippen molar-refractivity contribution in [2.45, 2.75) is 19.1 Å². The van der Waals surface area contributed by atoms with Crippen molar-refractivity contribution >= 4 is 34.9 Å². The second-order valence-corrected chi connectivity index (χ2v) is 7.76. The highest BCUT2D eigenvalue weighted by atomic mass is 35.5. The smallest absolute Gasteiger partial charge is 0.251 e.